The van der Waals surface area contributed by atoms with Crippen molar-refractivity contribution in [3.05, 3.63) is 29.8 Å². The highest BCUT2D eigenvalue weighted by atomic mass is 16.3. The minimum absolute atomic E-state index is 0.0221. The lowest BCUT2D eigenvalue weighted by molar-refractivity contribution is 0.183. The zero-order valence-electron chi connectivity index (χ0n) is 7.91. The Kier molecular flexibility index (Phi) is 2.90. The van der Waals surface area contributed by atoms with Crippen molar-refractivity contribution in [3.8, 4) is 5.75 Å². The molecule has 0 fully saturated rings. The van der Waals surface area contributed by atoms with Crippen LogP contribution in [0.4, 0.5) is 0 Å². The fourth-order valence-corrected chi connectivity index (χ4v) is 1.14. The van der Waals surface area contributed by atoms with Gasteiger partial charge in [-0.25, -0.2) is 0 Å². The van der Waals surface area contributed by atoms with E-state index in [-0.39, 0.29) is 12.4 Å². The van der Waals surface area contributed by atoms with Crippen molar-refractivity contribution in [2.45, 2.75) is 12.5 Å². The molecule has 1 aromatic carbocycles. The summed E-state index contributed by atoms with van der Waals surface area (Å²) in [7, 11) is 1.79. The molecule has 1 aromatic rings. The van der Waals surface area contributed by atoms with E-state index in [0.717, 1.165) is 5.56 Å². The van der Waals surface area contributed by atoms with Gasteiger partial charge < -0.3 is 15.5 Å². The molecule has 1 unspecified atom stereocenters. The van der Waals surface area contributed by atoms with E-state index in [0.29, 0.717) is 0 Å². The van der Waals surface area contributed by atoms with Crippen LogP contribution in [0.2, 0.25) is 0 Å². The number of rotatable bonds is 3. The Labute approximate surface area is 78.0 Å². The van der Waals surface area contributed by atoms with E-state index in [2.05, 4.69) is 5.32 Å². The largest absolute Gasteiger partial charge is 0.508 e. The maximum Gasteiger partial charge on any atom is 0.115 e. The summed E-state index contributed by atoms with van der Waals surface area (Å²) in [5.41, 5.74) is 0.517. The van der Waals surface area contributed by atoms with E-state index in [1.54, 1.807) is 31.3 Å². The molecule has 3 N–H and O–H groups in total. The molecule has 1 atom stereocenters. The Bertz CT molecular complexity index is 265. The molecule has 1 rings (SSSR count). The molecule has 0 bridgehead atoms. The van der Waals surface area contributed by atoms with Gasteiger partial charge in [0.05, 0.1) is 12.1 Å². The number of benzene rings is 1. The predicted octanol–water partition coefficient (Wildman–Crippen LogP) is 0.819. The topological polar surface area (TPSA) is 52.5 Å². The van der Waals surface area contributed by atoms with Crippen LogP contribution in [0.15, 0.2) is 24.3 Å². The minimum Gasteiger partial charge on any atom is -0.508 e. The predicted molar refractivity (Wildman–Crippen MR) is 51.6 cm³/mol. The van der Waals surface area contributed by atoms with Gasteiger partial charge >= 0.3 is 0 Å². The van der Waals surface area contributed by atoms with E-state index in [1.807, 2.05) is 6.92 Å². The van der Waals surface area contributed by atoms with Gasteiger partial charge in [0.15, 0.2) is 0 Å². The quantitative estimate of drug-likeness (QED) is 0.647. The zero-order valence-corrected chi connectivity index (χ0v) is 7.91. The van der Waals surface area contributed by atoms with Gasteiger partial charge in [0.1, 0.15) is 5.75 Å². The average Bonchev–Trinajstić information content (AvgIpc) is 2.18. The second-order valence-corrected chi connectivity index (χ2v) is 3.29. The van der Waals surface area contributed by atoms with Crippen LogP contribution in [0.25, 0.3) is 0 Å². The fraction of sp³-hybridized carbons (Fsp3) is 0.400. The third kappa shape index (κ3) is 1.99. The van der Waals surface area contributed by atoms with Crippen molar-refractivity contribution in [2.75, 3.05) is 13.7 Å². The summed E-state index contributed by atoms with van der Waals surface area (Å²) in [6.07, 6.45) is 0. The van der Waals surface area contributed by atoms with Gasteiger partial charge in [-0.05, 0) is 31.7 Å². The van der Waals surface area contributed by atoms with Crippen LogP contribution in [0, 0.1) is 0 Å². The van der Waals surface area contributed by atoms with Gasteiger partial charge in [-0.15, -0.1) is 0 Å². The molecular weight excluding hydrogens is 166 g/mol. The first-order valence-corrected chi connectivity index (χ1v) is 4.21. The second-order valence-electron chi connectivity index (χ2n) is 3.29. The summed E-state index contributed by atoms with van der Waals surface area (Å²) >= 11 is 0. The van der Waals surface area contributed by atoms with Gasteiger partial charge in [-0.1, -0.05) is 12.1 Å². The molecule has 72 valence electrons. The first kappa shape index (κ1) is 10.0. The molecule has 13 heavy (non-hydrogen) atoms. The van der Waals surface area contributed by atoms with Crippen LogP contribution < -0.4 is 5.32 Å². The van der Waals surface area contributed by atoms with Gasteiger partial charge in [-0.2, -0.15) is 0 Å². The summed E-state index contributed by atoms with van der Waals surface area (Å²) in [6, 6.07) is 6.81. The Morgan fingerprint density at radius 3 is 2.23 bits per heavy atom. The van der Waals surface area contributed by atoms with E-state index in [1.165, 1.54) is 0 Å². The average molecular weight is 181 g/mol. The van der Waals surface area contributed by atoms with Crippen molar-refractivity contribution in [1.29, 1.82) is 0 Å². The number of phenols is 1. The molecule has 0 spiro atoms. The maximum atomic E-state index is 9.18. The molecule has 0 aliphatic carbocycles. The molecule has 0 aromatic heterocycles. The van der Waals surface area contributed by atoms with Gasteiger partial charge in [0.25, 0.3) is 0 Å². The van der Waals surface area contributed by atoms with E-state index < -0.39 is 5.54 Å². The Hall–Kier alpha value is -1.06. The second kappa shape index (κ2) is 3.77. The lowest BCUT2D eigenvalue weighted by Crippen LogP contribution is -2.40. The van der Waals surface area contributed by atoms with Crippen LogP contribution in [0.1, 0.15) is 12.5 Å². The first-order chi connectivity index (χ1) is 6.12. The zero-order chi connectivity index (χ0) is 9.90. The number of nitrogens with one attached hydrogen (secondary N) is 1. The first-order valence-electron chi connectivity index (χ1n) is 4.21. The summed E-state index contributed by atoms with van der Waals surface area (Å²) in [5, 5.41) is 21.3. The van der Waals surface area contributed by atoms with Crippen molar-refractivity contribution >= 4 is 0 Å². The molecule has 3 heteroatoms. The normalized spacial score (nSPS) is 15.3. The van der Waals surface area contributed by atoms with E-state index >= 15 is 0 Å². The number of aromatic hydroxyl groups is 1. The maximum absolute atomic E-state index is 9.18. The minimum atomic E-state index is -0.437. The third-order valence-electron chi connectivity index (χ3n) is 2.37. The molecule has 0 aliphatic heterocycles. The summed E-state index contributed by atoms with van der Waals surface area (Å²) in [5.74, 6) is 0.236. The number of aliphatic hydroxyl groups excluding tert-OH is 1. The van der Waals surface area contributed by atoms with Gasteiger partial charge in [0.2, 0.25) is 0 Å². The number of phenolic OH excluding ortho intramolecular Hbond substituents is 1. The number of hydrogen-bond donors (Lipinski definition) is 3. The lowest BCUT2D eigenvalue weighted by Gasteiger charge is -2.27. The molecule has 0 radical (unpaired) electrons. The summed E-state index contributed by atoms with van der Waals surface area (Å²) in [6.45, 7) is 1.92. The van der Waals surface area contributed by atoms with Crippen LogP contribution in [-0.4, -0.2) is 23.9 Å². The number of likely N-dealkylation sites (N-methyl/N-ethyl adjacent to an activating group) is 1. The molecule has 0 saturated carbocycles. The highest BCUT2D eigenvalue weighted by molar-refractivity contribution is 5.30. The molecule has 0 heterocycles. The number of aliphatic hydroxyl groups is 1. The molecule has 0 amide bonds. The van der Waals surface area contributed by atoms with Crippen molar-refractivity contribution < 1.29 is 10.2 Å². The van der Waals surface area contributed by atoms with Gasteiger partial charge in [0, 0.05) is 0 Å². The van der Waals surface area contributed by atoms with Crippen molar-refractivity contribution in [3.63, 3.8) is 0 Å². The van der Waals surface area contributed by atoms with Crippen molar-refractivity contribution in [2.24, 2.45) is 0 Å². The van der Waals surface area contributed by atoms with Crippen LogP contribution in [-0.2, 0) is 5.54 Å². The Balaban J connectivity index is 2.99. The fourth-order valence-electron chi connectivity index (χ4n) is 1.14. The molecular formula is C10H15NO2. The van der Waals surface area contributed by atoms with Crippen LogP contribution in [0.5, 0.6) is 5.75 Å². The SMILES string of the molecule is CNC(C)(CO)c1ccc(O)cc1. The summed E-state index contributed by atoms with van der Waals surface area (Å²) in [4.78, 5) is 0. The highest BCUT2D eigenvalue weighted by Gasteiger charge is 2.22. The molecule has 0 saturated heterocycles. The smallest absolute Gasteiger partial charge is 0.115 e. The Morgan fingerprint density at radius 1 is 1.31 bits per heavy atom. The van der Waals surface area contributed by atoms with Crippen molar-refractivity contribution in [1.82, 2.24) is 5.32 Å². The summed E-state index contributed by atoms with van der Waals surface area (Å²) < 4.78 is 0. The van der Waals surface area contributed by atoms with E-state index in [9.17, 15) is 5.11 Å². The highest BCUT2D eigenvalue weighted by Crippen LogP contribution is 2.21. The lowest BCUT2D eigenvalue weighted by atomic mass is 9.93. The van der Waals surface area contributed by atoms with E-state index in [4.69, 9.17) is 5.11 Å². The number of hydrogen-bond acceptors (Lipinski definition) is 3. The molecule has 3 nitrogen and oxygen atoms in total. The van der Waals surface area contributed by atoms with Crippen LogP contribution >= 0.6 is 0 Å². The Morgan fingerprint density at radius 2 is 1.85 bits per heavy atom. The molecule has 0 aliphatic rings. The monoisotopic (exact) mass is 181 g/mol. The standard InChI is InChI=1S/C10H15NO2/c1-10(7-12,11-2)8-3-5-9(13)6-4-8/h3-6,11-13H,7H2,1-2H3. The third-order valence-corrected chi connectivity index (χ3v) is 2.37. The van der Waals surface area contributed by atoms with Crippen LogP contribution in [0.3, 0.4) is 0 Å². The van der Waals surface area contributed by atoms with Gasteiger partial charge in [-0.3, -0.25) is 0 Å².